The van der Waals surface area contributed by atoms with Crippen molar-refractivity contribution in [2.75, 3.05) is 13.2 Å². The average Bonchev–Trinajstić information content (AvgIpc) is 2.44. The molecule has 1 aliphatic rings. The fraction of sp³-hybridized carbons (Fsp3) is 0.941. The van der Waals surface area contributed by atoms with E-state index in [0.29, 0.717) is 12.7 Å². The maximum atomic E-state index is 12.2. The second kappa shape index (κ2) is 9.42. The van der Waals surface area contributed by atoms with Gasteiger partial charge in [0.05, 0.1) is 12.7 Å². The van der Waals surface area contributed by atoms with Crippen molar-refractivity contribution in [1.29, 1.82) is 0 Å². The van der Waals surface area contributed by atoms with Gasteiger partial charge in [-0.3, -0.25) is 10.1 Å². The van der Waals surface area contributed by atoms with Crippen molar-refractivity contribution >= 4 is 5.97 Å². The summed E-state index contributed by atoms with van der Waals surface area (Å²) in [6.07, 6.45) is 8.38. The van der Waals surface area contributed by atoms with Gasteiger partial charge in [-0.2, -0.15) is 0 Å². The molecule has 124 valence electrons. The van der Waals surface area contributed by atoms with Gasteiger partial charge < -0.3 is 9.47 Å². The molecule has 0 spiro atoms. The van der Waals surface area contributed by atoms with E-state index in [0.717, 1.165) is 19.4 Å². The third-order valence-electron chi connectivity index (χ3n) is 4.06. The summed E-state index contributed by atoms with van der Waals surface area (Å²) in [6.45, 7) is 9.05. The second-order valence-electron chi connectivity index (χ2n) is 6.59. The molecule has 1 saturated carbocycles. The Bertz CT molecular complexity index is 300. The minimum absolute atomic E-state index is 0.156. The summed E-state index contributed by atoms with van der Waals surface area (Å²) >= 11 is 0. The maximum absolute atomic E-state index is 12.2. The molecular formula is C17H33NO3. The van der Waals surface area contributed by atoms with Gasteiger partial charge in [0.15, 0.2) is 0 Å². The van der Waals surface area contributed by atoms with Gasteiger partial charge in [-0.15, -0.1) is 0 Å². The van der Waals surface area contributed by atoms with Gasteiger partial charge in [0, 0.05) is 12.6 Å². The molecule has 0 aromatic rings. The summed E-state index contributed by atoms with van der Waals surface area (Å²) in [4.78, 5) is 12.2. The molecule has 0 radical (unpaired) electrons. The quantitative estimate of drug-likeness (QED) is 0.523. The highest BCUT2D eigenvalue weighted by Crippen LogP contribution is 2.21. The van der Waals surface area contributed by atoms with Crippen molar-refractivity contribution in [2.24, 2.45) is 0 Å². The van der Waals surface area contributed by atoms with E-state index < -0.39 is 5.54 Å². The van der Waals surface area contributed by atoms with E-state index in [1.54, 1.807) is 0 Å². The normalized spacial score (nSPS) is 19.5. The lowest BCUT2D eigenvalue weighted by Gasteiger charge is -2.31. The topological polar surface area (TPSA) is 47.6 Å². The van der Waals surface area contributed by atoms with E-state index in [1.807, 2.05) is 13.8 Å². The van der Waals surface area contributed by atoms with Gasteiger partial charge in [-0.25, -0.2) is 0 Å². The zero-order valence-electron chi connectivity index (χ0n) is 14.2. The van der Waals surface area contributed by atoms with Gasteiger partial charge in [0.2, 0.25) is 0 Å². The van der Waals surface area contributed by atoms with Crippen LogP contribution in [-0.4, -0.2) is 36.9 Å². The summed E-state index contributed by atoms with van der Waals surface area (Å²) in [7, 11) is 0. The lowest BCUT2D eigenvalue weighted by Crippen LogP contribution is -2.53. The van der Waals surface area contributed by atoms with Crippen LogP contribution in [0.2, 0.25) is 0 Å². The van der Waals surface area contributed by atoms with Crippen LogP contribution in [0.5, 0.6) is 0 Å². The van der Waals surface area contributed by atoms with Crippen molar-refractivity contribution in [2.45, 2.75) is 90.3 Å². The molecule has 0 saturated heterocycles. The molecule has 1 N–H and O–H groups in total. The Morgan fingerprint density at radius 2 is 1.95 bits per heavy atom. The Hall–Kier alpha value is -0.610. The first-order valence-corrected chi connectivity index (χ1v) is 8.54. The van der Waals surface area contributed by atoms with Gasteiger partial charge in [0.1, 0.15) is 5.54 Å². The van der Waals surface area contributed by atoms with E-state index in [-0.39, 0.29) is 12.0 Å². The molecule has 0 heterocycles. The van der Waals surface area contributed by atoms with Crippen molar-refractivity contribution in [3.63, 3.8) is 0 Å². The Balaban J connectivity index is 2.36. The first-order chi connectivity index (χ1) is 9.98. The van der Waals surface area contributed by atoms with Crippen LogP contribution in [0.1, 0.15) is 72.6 Å². The van der Waals surface area contributed by atoms with E-state index in [9.17, 15) is 4.79 Å². The molecule has 4 nitrogen and oxygen atoms in total. The van der Waals surface area contributed by atoms with Crippen LogP contribution in [0.25, 0.3) is 0 Å². The van der Waals surface area contributed by atoms with Gasteiger partial charge >= 0.3 is 5.97 Å². The number of hydrogen-bond donors (Lipinski definition) is 1. The first kappa shape index (κ1) is 18.4. The third-order valence-corrected chi connectivity index (χ3v) is 4.06. The maximum Gasteiger partial charge on any atom is 0.326 e. The number of carbonyl (C=O) groups excluding carboxylic acids is 1. The number of rotatable bonds is 9. The molecule has 1 rings (SSSR count). The molecular weight excluding hydrogens is 266 g/mol. The minimum Gasteiger partial charge on any atom is -0.465 e. The van der Waals surface area contributed by atoms with E-state index >= 15 is 0 Å². The number of nitrogens with one attached hydrogen (secondary N) is 1. The standard InChI is InChI=1S/C17H33NO3/c1-5-20-16(19)17(4,18-14(2)3)12-9-13-21-15-10-7-6-8-11-15/h14-15,18H,5-13H2,1-4H3. The van der Waals surface area contributed by atoms with Crippen LogP contribution in [0.15, 0.2) is 0 Å². The van der Waals surface area contributed by atoms with Crippen LogP contribution in [0.3, 0.4) is 0 Å². The summed E-state index contributed by atoms with van der Waals surface area (Å²) in [5, 5.41) is 3.35. The predicted octanol–water partition coefficient (Wildman–Crippen LogP) is 3.44. The molecule has 0 bridgehead atoms. The smallest absolute Gasteiger partial charge is 0.326 e. The molecule has 21 heavy (non-hydrogen) atoms. The van der Waals surface area contributed by atoms with Crippen molar-refractivity contribution in [1.82, 2.24) is 5.32 Å². The summed E-state index contributed by atoms with van der Waals surface area (Å²) in [6, 6.07) is 0.249. The fourth-order valence-electron chi connectivity index (χ4n) is 3.07. The SMILES string of the molecule is CCOC(=O)C(C)(CCCOC1CCCCC1)NC(C)C. The molecule has 4 heteroatoms. The highest BCUT2D eigenvalue weighted by Gasteiger charge is 2.34. The highest BCUT2D eigenvalue weighted by atomic mass is 16.5. The molecule has 1 unspecified atom stereocenters. The van der Waals surface area contributed by atoms with E-state index in [4.69, 9.17) is 9.47 Å². The zero-order valence-corrected chi connectivity index (χ0v) is 14.2. The van der Waals surface area contributed by atoms with Gasteiger partial charge in [-0.1, -0.05) is 19.3 Å². The number of hydrogen-bond acceptors (Lipinski definition) is 4. The van der Waals surface area contributed by atoms with Crippen molar-refractivity contribution in [3.8, 4) is 0 Å². The summed E-state index contributed by atoms with van der Waals surface area (Å²) < 4.78 is 11.2. The van der Waals surface area contributed by atoms with Crippen molar-refractivity contribution in [3.05, 3.63) is 0 Å². The Morgan fingerprint density at radius 1 is 1.29 bits per heavy atom. The predicted molar refractivity (Wildman–Crippen MR) is 85.4 cm³/mol. The Kier molecular flexibility index (Phi) is 8.27. The third kappa shape index (κ3) is 6.79. The molecule has 0 aromatic heterocycles. The molecule has 1 aliphatic carbocycles. The van der Waals surface area contributed by atoms with Crippen molar-refractivity contribution < 1.29 is 14.3 Å². The largest absolute Gasteiger partial charge is 0.465 e. The second-order valence-corrected chi connectivity index (χ2v) is 6.59. The lowest BCUT2D eigenvalue weighted by atomic mass is 9.94. The molecule has 1 fully saturated rings. The van der Waals surface area contributed by atoms with Gasteiger partial charge in [-0.05, 0) is 53.4 Å². The fourth-order valence-corrected chi connectivity index (χ4v) is 3.07. The average molecular weight is 299 g/mol. The van der Waals surface area contributed by atoms with E-state index in [1.165, 1.54) is 32.1 Å². The summed E-state index contributed by atoms with van der Waals surface area (Å²) in [5.74, 6) is -0.156. The monoisotopic (exact) mass is 299 g/mol. The zero-order chi connectivity index (χ0) is 15.7. The van der Waals surface area contributed by atoms with Gasteiger partial charge in [0.25, 0.3) is 0 Å². The number of carbonyl (C=O) groups is 1. The van der Waals surface area contributed by atoms with Crippen LogP contribution in [-0.2, 0) is 14.3 Å². The van der Waals surface area contributed by atoms with Crippen LogP contribution >= 0.6 is 0 Å². The molecule has 0 amide bonds. The highest BCUT2D eigenvalue weighted by molar-refractivity contribution is 5.80. The van der Waals surface area contributed by atoms with Crippen LogP contribution < -0.4 is 5.32 Å². The number of esters is 1. The summed E-state index contributed by atoms with van der Waals surface area (Å²) in [5.41, 5.74) is -0.611. The Morgan fingerprint density at radius 3 is 2.52 bits per heavy atom. The van der Waals surface area contributed by atoms with Crippen LogP contribution in [0, 0.1) is 0 Å². The Labute approximate surface area is 130 Å². The van der Waals surface area contributed by atoms with E-state index in [2.05, 4.69) is 19.2 Å². The minimum atomic E-state index is -0.611. The first-order valence-electron chi connectivity index (χ1n) is 8.54. The van der Waals surface area contributed by atoms with Crippen LogP contribution in [0.4, 0.5) is 0 Å². The molecule has 0 aromatic carbocycles. The number of ether oxygens (including phenoxy) is 2. The lowest BCUT2D eigenvalue weighted by molar-refractivity contribution is -0.151. The molecule has 0 aliphatic heterocycles. The molecule has 1 atom stereocenters.